The average molecular weight is 405 g/mol. The Kier molecular flexibility index (Phi) is 5.42. The van der Waals surface area contributed by atoms with Gasteiger partial charge in [-0.15, -0.1) is 0 Å². The van der Waals surface area contributed by atoms with E-state index in [1.165, 1.54) is 23.4 Å². The number of fused-ring (bicyclic) bond motifs is 1. The number of carbonyl (C=O) groups is 2. The highest BCUT2D eigenvalue weighted by molar-refractivity contribution is 5.98. The molecule has 0 unspecified atom stereocenters. The lowest BCUT2D eigenvalue weighted by molar-refractivity contribution is -0.146. The quantitative estimate of drug-likeness (QED) is 0.358. The molecule has 0 spiro atoms. The van der Waals surface area contributed by atoms with Gasteiger partial charge in [0.15, 0.2) is 0 Å². The van der Waals surface area contributed by atoms with E-state index >= 15 is 0 Å². The number of carbonyl (C=O) groups excluding carboxylic acids is 2. The van der Waals surface area contributed by atoms with Crippen molar-refractivity contribution >= 4 is 22.6 Å². The number of ether oxygens (including phenoxy) is 2. The van der Waals surface area contributed by atoms with Crippen LogP contribution in [0.15, 0.2) is 66.7 Å². The summed E-state index contributed by atoms with van der Waals surface area (Å²) in [6.45, 7) is 0.475. The van der Waals surface area contributed by atoms with Crippen molar-refractivity contribution in [1.29, 1.82) is 0 Å². The zero-order chi connectivity index (χ0) is 21.1. The van der Waals surface area contributed by atoms with E-state index in [1.807, 2.05) is 24.3 Å². The van der Waals surface area contributed by atoms with Gasteiger partial charge in [0.05, 0.1) is 19.6 Å². The van der Waals surface area contributed by atoms with Crippen molar-refractivity contribution in [3.05, 3.63) is 77.9 Å². The van der Waals surface area contributed by atoms with Crippen molar-refractivity contribution in [3.8, 4) is 5.75 Å². The van der Waals surface area contributed by atoms with Gasteiger partial charge in [-0.2, -0.15) is 0 Å². The van der Waals surface area contributed by atoms with Crippen molar-refractivity contribution in [2.45, 2.75) is 18.3 Å². The van der Waals surface area contributed by atoms with E-state index in [1.54, 1.807) is 23.7 Å². The SMILES string of the molecule is COC(=O)[C@]1(c2cccc(OCCc3cccc4ccccc34)c2)C[C@H]1C(=O)NO. The van der Waals surface area contributed by atoms with E-state index in [4.69, 9.17) is 14.7 Å². The minimum absolute atomic E-state index is 0.283. The molecule has 2 atom stereocenters. The molecule has 1 aliphatic carbocycles. The van der Waals surface area contributed by atoms with Crippen molar-refractivity contribution in [3.63, 3.8) is 0 Å². The Morgan fingerprint density at radius 2 is 1.87 bits per heavy atom. The Morgan fingerprint density at radius 1 is 1.10 bits per heavy atom. The lowest BCUT2D eigenvalue weighted by atomic mass is 9.92. The molecule has 0 aromatic heterocycles. The monoisotopic (exact) mass is 405 g/mol. The zero-order valence-corrected chi connectivity index (χ0v) is 16.6. The van der Waals surface area contributed by atoms with Crippen molar-refractivity contribution in [2.75, 3.05) is 13.7 Å². The van der Waals surface area contributed by atoms with E-state index < -0.39 is 23.2 Å². The maximum atomic E-state index is 12.4. The Bertz CT molecular complexity index is 1090. The van der Waals surface area contributed by atoms with Crippen molar-refractivity contribution in [1.82, 2.24) is 5.48 Å². The first-order valence-electron chi connectivity index (χ1n) is 9.82. The largest absolute Gasteiger partial charge is 0.493 e. The van der Waals surface area contributed by atoms with E-state index in [9.17, 15) is 9.59 Å². The van der Waals surface area contributed by atoms with Crippen molar-refractivity contribution in [2.24, 2.45) is 5.92 Å². The van der Waals surface area contributed by atoms with Crippen LogP contribution >= 0.6 is 0 Å². The van der Waals surface area contributed by atoms with Crippen LogP contribution in [-0.2, 0) is 26.2 Å². The number of amides is 1. The molecular formula is C24H23NO5. The molecule has 0 aliphatic heterocycles. The van der Waals surface area contributed by atoms with Crippen LogP contribution < -0.4 is 10.2 Å². The van der Waals surface area contributed by atoms with Gasteiger partial charge >= 0.3 is 5.97 Å². The fourth-order valence-corrected chi connectivity index (χ4v) is 4.15. The Labute approximate surface area is 174 Å². The zero-order valence-electron chi connectivity index (χ0n) is 16.6. The van der Waals surface area contributed by atoms with E-state index in [0.29, 0.717) is 17.9 Å². The summed E-state index contributed by atoms with van der Waals surface area (Å²) in [6, 6.07) is 21.6. The lowest BCUT2D eigenvalue weighted by Gasteiger charge is -2.16. The number of rotatable bonds is 7. The van der Waals surface area contributed by atoms with E-state index in [-0.39, 0.29) is 6.42 Å². The summed E-state index contributed by atoms with van der Waals surface area (Å²) < 4.78 is 10.9. The number of methoxy groups -OCH3 is 1. The van der Waals surface area contributed by atoms with Gasteiger partial charge in [0.25, 0.3) is 0 Å². The summed E-state index contributed by atoms with van der Waals surface area (Å²) in [5.41, 5.74) is 2.40. The molecule has 0 bridgehead atoms. The van der Waals surface area contributed by atoms with Gasteiger partial charge in [0.2, 0.25) is 5.91 Å². The second kappa shape index (κ2) is 8.16. The van der Waals surface area contributed by atoms with Gasteiger partial charge in [-0.3, -0.25) is 14.8 Å². The molecule has 4 rings (SSSR count). The highest BCUT2D eigenvalue weighted by Crippen LogP contribution is 2.55. The van der Waals surface area contributed by atoms with Gasteiger partial charge in [-0.05, 0) is 40.5 Å². The molecule has 0 heterocycles. The van der Waals surface area contributed by atoms with E-state index in [0.717, 1.165) is 6.42 Å². The van der Waals surface area contributed by atoms with Gasteiger partial charge in [-0.25, -0.2) is 5.48 Å². The molecule has 2 N–H and O–H groups in total. The number of hydroxylamine groups is 1. The standard InChI is InChI=1S/C24H23NO5/c1-29-23(27)24(15-21(24)22(26)25-28)18-9-5-10-19(14-18)30-13-12-17-8-4-7-16-6-2-3-11-20(16)17/h2-11,14,21,28H,12-13,15H2,1H3,(H,25,26)/t21-,24-/m0/s1. The predicted octanol–water partition coefficient (Wildman–Crippen LogP) is 3.40. The topological polar surface area (TPSA) is 84.9 Å². The van der Waals surface area contributed by atoms with Crippen LogP contribution in [0.3, 0.4) is 0 Å². The average Bonchev–Trinajstić information content (AvgIpc) is 3.55. The first kappa shape index (κ1) is 19.9. The van der Waals surface area contributed by atoms with Crippen molar-refractivity contribution < 1.29 is 24.3 Å². The molecular weight excluding hydrogens is 382 g/mol. The number of esters is 1. The van der Waals surface area contributed by atoms with E-state index in [2.05, 4.69) is 24.3 Å². The summed E-state index contributed by atoms with van der Waals surface area (Å²) >= 11 is 0. The smallest absolute Gasteiger partial charge is 0.317 e. The molecule has 0 saturated heterocycles. The molecule has 3 aromatic rings. The summed E-state index contributed by atoms with van der Waals surface area (Å²) in [5, 5.41) is 11.4. The van der Waals surface area contributed by atoms with Gasteiger partial charge in [0, 0.05) is 6.42 Å². The Morgan fingerprint density at radius 3 is 2.67 bits per heavy atom. The maximum Gasteiger partial charge on any atom is 0.317 e. The summed E-state index contributed by atoms with van der Waals surface area (Å²) in [6.07, 6.45) is 1.02. The lowest BCUT2D eigenvalue weighted by Crippen LogP contribution is -2.31. The molecule has 30 heavy (non-hydrogen) atoms. The first-order chi connectivity index (χ1) is 14.6. The minimum atomic E-state index is -1.09. The number of benzene rings is 3. The maximum absolute atomic E-state index is 12.4. The molecule has 1 amide bonds. The molecule has 1 aliphatic rings. The van der Waals surface area contributed by atoms with Crippen LogP contribution in [0.2, 0.25) is 0 Å². The van der Waals surface area contributed by atoms with Crippen LogP contribution in [0.4, 0.5) is 0 Å². The molecule has 154 valence electrons. The second-order valence-corrected chi connectivity index (χ2v) is 7.46. The third kappa shape index (κ3) is 3.50. The fraction of sp³-hybridized carbons (Fsp3) is 0.250. The Balaban J connectivity index is 1.50. The number of hydrogen-bond donors (Lipinski definition) is 2. The van der Waals surface area contributed by atoms with Gasteiger partial charge < -0.3 is 9.47 Å². The first-order valence-corrected chi connectivity index (χ1v) is 9.82. The molecule has 6 nitrogen and oxygen atoms in total. The molecule has 6 heteroatoms. The highest BCUT2D eigenvalue weighted by Gasteiger charge is 2.65. The fourth-order valence-electron chi connectivity index (χ4n) is 4.15. The van der Waals surface area contributed by atoms with Gasteiger partial charge in [-0.1, -0.05) is 54.6 Å². The summed E-state index contributed by atoms with van der Waals surface area (Å²) in [4.78, 5) is 24.3. The normalized spacial score (nSPS) is 19.9. The third-order valence-electron chi connectivity index (χ3n) is 5.81. The molecule has 1 saturated carbocycles. The molecule has 1 fully saturated rings. The van der Waals surface area contributed by atoms with Crippen LogP contribution in [0, 0.1) is 5.92 Å². The minimum Gasteiger partial charge on any atom is -0.493 e. The number of nitrogens with one attached hydrogen (secondary N) is 1. The second-order valence-electron chi connectivity index (χ2n) is 7.46. The summed E-state index contributed by atoms with van der Waals surface area (Å²) in [5.74, 6) is -1.14. The van der Waals surface area contributed by atoms with Crippen LogP contribution in [-0.4, -0.2) is 30.8 Å². The summed E-state index contributed by atoms with van der Waals surface area (Å²) in [7, 11) is 1.29. The van der Waals surface area contributed by atoms with Gasteiger partial charge in [0.1, 0.15) is 11.2 Å². The molecule has 0 radical (unpaired) electrons. The third-order valence-corrected chi connectivity index (χ3v) is 5.81. The number of hydrogen-bond acceptors (Lipinski definition) is 5. The Hall–Kier alpha value is -3.38. The van der Waals surface area contributed by atoms with Crippen LogP contribution in [0.5, 0.6) is 5.75 Å². The highest BCUT2D eigenvalue weighted by atomic mass is 16.5. The molecule has 3 aromatic carbocycles. The van der Waals surface area contributed by atoms with Crippen LogP contribution in [0.1, 0.15) is 17.5 Å². The predicted molar refractivity (Wildman–Crippen MR) is 111 cm³/mol. The van der Waals surface area contributed by atoms with Crippen LogP contribution in [0.25, 0.3) is 10.8 Å².